The molecule has 2 rings (SSSR count). The number of likely N-dealkylation sites (tertiary alicyclic amines) is 1. The average molecular weight is 296 g/mol. The molecule has 0 spiro atoms. The van der Waals surface area contributed by atoms with Crippen molar-refractivity contribution >= 4 is 17.8 Å². The molecule has 0 bridgehead atoms. The van der Waals surface area contributed by atoms with Gasteiger partial charge in [0.15, 0.2) is 0 Å². The van der Waals surface area contributed by atoms with Crippen molar-refractivity contribution in [2.75, 3.05) is 13.1 Å². The third kappa shape index (κ3) is 3.95. The Balaban J connectivity index is 1.86. The van der Waals surface area contributed by atoms with Crippen LogP contribution in [0.5, 0.6) is 0 Å². The maximum absolute atomic E-state index is 12.3. The summed E-state index contributed by atoms with van der Waals surface area (Å²) in [5, 5.41) is 12.2. The summed E-state index contributed by atoms with van der Waals surface area (Å²) < 4.78 is 0. The zero-order chi connectivity index (χ0) is 15.4. The summed E-state index contributed by atoms with van der Waals surface area (Å²) in [6.45, 7) is 2.87. The Morgan fingerprint density at radius 3 is 2.10 bits per heavy atom. The molecule has 2 aliphatic rings. The van der Waals surface area contributed by atoms with E-state index in [9.17, 15) is 19.5 Å². The monoisotopic (exact) mass is 296 g/mol. The van der Waals surface area contributed by atoms with Gasteiger partial charge >= 0.3 is 5.97 Å². The minimum absolute atomic E-state index is 0.0597. The second-order valence-electron chi connectivity index (χ2n) is 6.12. The van der Waals surface area contributed by atoms with Crippen LogP contribution in [0.15, 0.2) is 0 Å². The van der Waals surface area contributed by atoms with Gasteiger partial charge in [0, 0.05) is 26.1 Å². The number of aliphatic carboxylic acids is 1. The molecule has 0 radical (unpaired) electrons. The lowest BCUT2D eigenvalue weighted by atomic mass is 9.78. The SMILES string of the molecule is CC(=O)N1CCC(NC(=O)C2CCCCC2C(=O)O)CC1. The molecule has 1 aliphatic heterocycles. The summed E-state index contributed by atoms with van der Waals surface area (Å²) in [6.07, 6.45) is 4.55. The molecule has 6 nitrogen and oxygen atoms in total. The number of carbonyl (C=O) groups excluding carboxylic acids is 2. The van der Waals surface area contributed by atoms with Gasteiger partial charge in [-0.05, 0) is 25.7 Å². The fourth-order valence-corrected chi connectivity index (χ4v) is 3.39. The van der Waals surface area contributed by atoms with Gasteiger partial charge in [-0.3, -0.25) is 14.4 Å². The van der Waals surface area contributed by atoms with Crippen LogP contribution in [0.1, 0.15) is 45.4 Å². The summed E-state index contributed by atoms with van der Waals surface area (Å²) >= 11 is 0. The van der Waals surface area contributed by atoms with E-state index in [0.29, 0.717) is 25.9 Å². The minimum atomic E-state index is -0.860. The Morgan fingerprint density at radius 2 is 1.57 bits per heavy atom. The molecular weight excluding hydrogens is 272 g/mol. The number of amides is 2. The van der Waals surface area contributed by atoms with Gasteiger partial charge in [0.1, 0.15) is 0 Å². The molecule has 2 fully saturated rings. The van der Waals surface area contributed by atoms with Gasteiger partial charge in [-0.1, -0.05) is 12.8 Å². The number of nitrogens with one attached hydrogen (secondary N) is 1. The molecule has 1 aliphatic carbocycles. The molecule has 2 atom stereocenters. The van der Waals surface area contributed by atoms with E-state index in [4.69, 9.17) is 0 Å². The molecular formula is C15H24N2O4. The number of carboxylic acids is 1. The molecule has 0 aromatic heterocycles. The number of carbonyl (C=O) groups is 3. The highest BCUT2D eigenvalue weighted by atomic mass is 16.4. The van der Waals surface area contributed by atoms with Gasteiger partial charge in [0.2, 0.25) is 11.8 Å². The van der Waals surface area contributed by atoms with Crippen LogP contribution in [0.3, 0.4) is 0 Å². The van der Waals surface area contributed by atoms with Crippen LogP contribution in [-0.4, -0.2) is 46.9 Å². The third-order valence-corrected chi connectivity index (χ3v) is 4.71. The summed E-state index contributed by atoms with van der Waals surface area (Å²) in [5.74, 6) is -1.86. The number of nitrogens with zero attached hydrogens (tertiary/aromatic N) is 1. The van der Waals surface area contributed by atoms with E-state index in [1.165, 1.54) is 0 Å². The van der Waals surface area contributed by atoms with Gasteiger partial charge in [-0.15, -0.1) is 0 Å². The fraction of sp³-hybridized carbons (Fsp3) is 0.800. The van der Waals surface area contributed by atoms with E-state index < -0.39 is 17.8 Å². The van der Waals surface area contributed by atoms with Crippen molar-refractivity contribution in [1.29, 1.82) is 0 Å². The number of rotatable bonds is 3. The Morgan fingerprint density at radius 1 is 1.00 bits per heavy atom. The molecule has 6 heteroatoms. The smallest absolute Gasteiger partial charge is 0.307 e. The zero-order valence-electron chi connectivity index (χ0n) is 12.5. The standard InChI is InChI=1S/C15H24N2O4/c1-10(18)17-8-6-11(7-9-17)16-14(19)12-4-2-3-5-13(12)15(20)21/h11-13H,2-9H2,1H3,(H,16,19)(H,20,21). The van der Waals surface area contributed by atoms with Crippen molar-refractivity contribution in [3.63, 3.8) is 0 Å². The number of hydrogen-bond acceptors (Lipinski definition) is 3. The molecule has 0 aromatic rings. The Hall–Kier alpha value is -1.59. The fourth-order valence-electron chi connectivity index (χ4n) is 3.39. The normalized spacial score (nSPS) is 27.2. The van der Waals surface area contributed by atoms with E-state index in [1.54, 1.807) is 11.8 Å². The summed E-state index contributed by atoms with van der Waals surface area (Å²) in [4.78, 5) is 36.6. The van der Waals surface area contributed by atoms with E-state index in [-0.39, 0.29) is 17.9 Å². The first-order chi connectivity index (χ1) is 9.99. The predicted octanol–water partition coefficient (Wildman–Crippen LogP) is 1.00. The molecule has 21 heavy (non-hydrogen) atoms. The van der Waals surface area contributed by atoms with Crippen molar-refractivity contribution < 1.29 is 19.5 Å². The molecule has 2 unspecified atom stereocenters. The number of piperidine rings is 1. The molecule has 118 valence electrons. The van der Waals surface area contributed by atoms with Gasteiger partial charge < -0.3 is 15.3 Å². The lowest BCUT2D eigenvalue weighted by molar-refractivity contribution is -0.149. The van der Waals surface area contributed by atoms with Crippen LogP contribution in [0.2, 0.25) is 0 Å². The molecule has 1 heterocycles. The highest BCUT2D eigenvalue weighted by Gasteiger charge is 2.36. The number of hydrogen-bond donors (Lipinski definition) is 2. The maximum atomic E-state index is 12.3. The Bertz CT molecular complexity index is 416. The topological polar surface area (TPSA) is 86.7 Å². The first-order valence-corrected chi connectivity index (χ1v) is 7.77. The maximum Gasteiger partial charge on any atom is 0.307 e. The first kappa shape index (κ1) is 15.8. The summed E-state index contributed by atoms with van der Waals surface area (Å²) in [6, 6.07) is 0.0597. The summed E-state index contributed by atoms with van der Waals surface area (Å²) in [5.41, 5.74) is 0. The van der Waals surface area contributed by atoms with E-state index in [1.807, 2.05) is 0 Å². The van der Waals surface area contributed by atoms with Gasteiger partial charge in [0.25, 0.3) is 0 Å². The second kappa shape index (κ2) is 6.91. The van der Waals surface area contributed by atoms with Crippen molar-refractivity contribution in [1.82, 2.24) is 10.2 Å². The van der Waals surface area contributed by atoms with Crippen molar-refractivity contribution in [3.8, 4) is 0 Å². The van der Waals surface area contributed by atoms with Crippen LogP contribution >= 0.6 is 0 Å². The average Bonchev–Trinajstić information content (AvgIpc) is 2.47. The van der Waals surface area contributed by atoms with Gasteiger partial charge in [-0.25, -0.2) is 0 Å². The quantitative estimate of drug-likeness (QED) is 0.813. The van der Waals surface area contributed by atoms with Crippen LogP contribution < -0.4 is 5.32 Å². The van der Waals surface area contributed by atoms with E-state index in [2.05, 4.69) is 5.32 Å². The van der Waals surface area contributed by atoms with Crippen LogP contribution in [-0.2, 0) is 14.4 Å². The van der Waals surface area contributed by atoms with Crippen LogP contribution in [0.4, 0.5) is 0 Å². The van der Waals surface area contributed by atoms with E-state index >= 15 is 0 Å². The Labute approximate surface area is 124 Å². The largest absolute Gasteiger partial charge is 0.481 e. The highest BCUT2D eigenvalue weighted by Crippen LogP contribution is 2.30. The van der Waals surface area contributed by atoms with Gasteiger partial charge in [0.05, 0.1) is 11.8 Å². The lowest BCUT2D eigenvalue weighted by Crippen LogP contribution is -2.49. The third-order valence-electron chi connectivity index (χ3n) is 4.71. The predicted molar refractivity (Wildman–Crippen MR) is 76.5 cm³/mol. The van der Waals surface area contributed by atoms with E-state index in [0.717, 1.165) is 25.7 Å². The molecule has 1 saturated carbocycles. The van der Waals surface area contributed by atoms with Crippen LogP contribution in [0, 0.1) is 11.8 Å². The summed E-state index contributed by atoms with van der Waals surface area (Å²) in [7, 11) is 0. The van der Waals surface area contributed by atoms with Crippen molar-refractivity contribution in [2.45, 2.75) is 51.5 Å². The second-order valence-corrected chi connectivity index (χ2v) is 6.12. The van der Waals surface area contributed by atoms with Gasteiger partial charge in [-0.2, -0.15) is 0 Å². The molecule has 2 N–H and O–H groups in total. The molecule has 1 saturated heterocycles. The first-order valence-electron chi connectivity index (χ1n) is 7.77. The molecule has 2 amide bonds. The van der Waals surface area contributed by atoms with Crippen LogP contribution in [0.25, 0.3) is 0 Å². The zero-order valence-corrected chi connectivity index (χ0v) is 12.5. The minimum Gasteiger partial charge on any atom is -0.481 e. The number of carboxylic acid groups (broad SMARTS) is 1. The van der Waals surface area contributed by atoms with Crippen molar-refractivity contribution in [2.24, 2.45) is 11.8 Å². The molecule has 0 aromatic carbocycles. The Kier molecular flexibility index (Phi) is 5.20. The highest BCUT2D eigenvalue weighted by molar-refractivity contribution is 5.85. The lowest BCUT2D eigenvalue weighted by Gasteiger charge is -2.34. The van der Waals surface area contributed by atoms with Crippen molar-refractivity contribution in [3.05, 3.63) is 0 Å².